The van der Waals surface area contributed by atoms with Crippen LogP contribution in [0.3, 0.4) is 0 Å². The minimum atomic E-state index is -0.560. The van der Waals surface area contributed by atoms with Gasteiger partial charge in [0, 0.05) is 6.20 Å². The average molecular weight is 220 g/mol. The summed E-state index contributed by atoms with van der Waals surface area (Å²) in [5, 5.41) is 0.419. The molecule has 0 aromatic carbocycles. The molecule has 5 heteroatoms. The lowest BCUT2D eigenvalue weighted by Crippen LogP contribution is -2.07. The van der Waals surface area contributed by atoms with Gasteiger partial charge in [-0.15, -0.1) is 0 Å². The zero-order chi connectivity index (χ0) is 9.84. The van der Waals surface area contributed by atoms with Crippen LogP contribution in [0.2, 0.25) is 10.0 Å². The van der Waals surface area contributed by atoms with Crippen molar-refractivity contribution < 1.29 is 9.53 Å². The van der Waals surface area contributed by atoms with Gasteiger partial charge in [-0.2, -0.15) is 0 Å². The number of ether oxygens (including phenoxy) is 1. The summed E-state index contributed by atoms with van der Waals surface area (Å²) in [7, 11) is 0. The highest BCUT2D eigenvalue weighted by Crippen LogP contribution is 2.23. The van der Waals surface area contributed by atoms with E-state index in [1.807, 2.05) is 0 Å². The number of aromatic nitrogens is 1. The van der Waals surface area contributed by atoms with Crippen LogP contribution in [-0.4, -0.2) is 17.6 Å². The second kappa shape index (κ2) is 4.44. The monoisotopic (exact) mass is 219 g/mol. The largest absolute Gasteiger partial charge is 0.461 e. The Bertz CT molecular complexity index is 328. The highest BCUT2D eigenvalue weighted by molar-refractivity contribution is 6.43. The molecule has 0 atom stereocenters. The second-order valence-electron chi connectivity index (χ2n) is 2.18. The number of carbonyl (C=O) groups excluding carboxylic acids is 1. The van der Waals surface area contributed by atoms with Crippen LogP contribution in [0, 0.1) is 0 Å². The topological polar surface area (TPSA) is 39.2 Å². The van der Waals surface area contributed by atoms with Crippen LogP contribution in [0.1, 0.15) is 17.4 Å². The summed E-state index contributed by atoms with van der Waals surface area (Å²) in [5.74, 6) is -0.560. The fourth-order valence-corrected chi connectivity index (χ4v) is 1.10. The van der Waals surface area contributed by atoms with Crippen LogP contribution in [0.15, 0.2) is 12.3 Å². The molecular formula is C8H7Cl2NO2. The van der Waals surface area contributed by atoms with Gasteiger partial charge in [0.25, 0.3) is 0 Å². The Balaban J connectivity index is 3.01. The van der Waals surface area contributed by atoms with Gasteiger partial charge >= 0.3 is 5.97 Å². The molecule has 0 saturated carbocycles. The first-order valence-electron chi connectivity index (χ1n) is 3.64. The van der Waals surface area contributed by atoms with E-state index in [1.165, 1.54) is 12.3 Å². The third-order valence-electron chi connectivity index (χ3n) is 1.31. The van der Waals surface area contributed by atoms with Gasteiger partial charge in [-0.1, -0.05) is 23.2 Å². The van der Waals surface area contributed by atoms with Crippen molar-refractivity contribution in [3.63, 3.8) is 0 Å². The summed E-state index contributed by atoms with van der Waals surface area (Å²) in [6.07, 6.45) is 1.40. The van der Waals surface area contributed by atoms with E-state index in [1.54, 1.807) is 6.92 Å². The maximum absolute atomic E-state index is 11.2. The standard InChI is InChI=1S/C8H7Cl2NO2/c1-2-13-8(12)7-6(10)5(9)3-4-11-7/h3-4H,2H2,1H3. The van der Waals surface area contributed by atoms with Crippen molar-refractivity contribution in [1.82, 2.24) is 4.98 Å². The predicted octanol–water partition coefficient (Wildman–Crippen LogP) is 2.57. The zero-order valence-corrected chi connectivity index (χ0v) is 8.39. The number of nitrogens with zero attached hydrogens (tertiary/aromatic N) is 1. The number of hydrogen-bond acceptors (Lipinski definition) is 3. The van der Waals surface area contributed by atoms with Crippen molar-refractivity contribution in [2.24, 2.45) is 0 Å². The lowest BCUT2D eigenvalue weighted by molar-refractivity contribution is 0.0519. The quantitative estimate of drug-likeness (QED) is 0.719. The predicted molar refractivity (Wildman–Crippen MR) is 50.2 cm³/mol. The maximum Gasteiger partial charge on any atom is 0.358 e. The summed E-state index contributed by atoms with van der Waals surface area (Å²) in [6, 6.07) is 1.51. The molecule has 1 aromatic rings. The van der Waals surface area contributed by atoms with Crippen LogP contribution in [-0.2, 0) is 4.74 Å². The number of pyridine rings is 1. The minimum absolute atomic E-state index is 0.0519. The molecule has 3 nitrogen and oxygen atoms in total. The van der Waals surface area contributed by atoms with Gasteiger partial charge < -0.3 is 4.74 Å². The molecule has 0 aliphatic heterocycles. The van der Waals surface area contributed by atoms with Crippen molar-refractivity contribution >= 4 is 29.2 Å². The number of esters is 1. The lowest BCUT2D eigenvalue weighted by atomic mass is 10.3. The molecule has 13 heavy (non-hydrogen) atoms. The molecule has 0 unspecified atom stereocenters. The Morgan fingerprint density at radius 2 is 2.31 bits per heavy atom. The van der Waals surface area contributed by atoms with Crippen molar-refractivity contribution in [3.8, 4) is 0 Å². The molecule has 1 aromatic heterocycles. The number of rotatable bonds is 2. The van der Waals surface area contributed by atoms with E-state index in [0.717, 1.165) is 0 Å². The van der Waals surface area contributed by atoms with Gasteiger partial charge in [0.1, 0.15) is 0 Å². The molecule has 0 aliphatic rings. The SMILES string of the molecule is CCOC(=O)c1nccc(Cl)c1Cl. The number of carbonyl (C=O) groups is 1. The Morgan fingerprint density at radius 1 is 1.62 bits per heavy atom. The molecule has 0 radical (unpaired) electrons. The smallest absolute Gasteiger partial charge is 0.358 e. The van der Waals surface area contributed by atoms with E-state index >= 15 is 0 Å². The first kappa shape index (κ1) is 10.3. The molecule has 1 heterocycles. The van der Waals surface area contributed by atoms with Gasteiger partial charge in [-0.3, -0.25) is 0 Å². The molecule has 0 N–H and O–H groups in total. The van der Waals surface area contributed by atoms with E-state index < -0.39 is 5.97 Å². The average Bonchev–Trinajstić information content (AvgIpc) is 2.10. The third-order valence-corrected chi connectivity index (χ3v) is 2.11. The molecule has 1 rings (SSSR count). The van der Waals surface area contributed by atoms with E-state index in [-0.39, 0.29) is 17.3 Å². The van der Waals surface area contributed by atoms with Crippen molar-refractivity contribution in [3.05, 3.63) is 28.0 Å². The van der Waals surface area contributed by atoms with Crippen molar-refractivity contribution in [2.75, 3.05) is 6.61 Å². The third kappa shape index (κ3) is 2.32. The van der Waals surface area contributed by atoms with Gasteiger partial charge in [-0.25, -0.2) is 9.78 Å². The Hall–Kier alpha value is -0.800. The Kier molecular flexibility index (Phi) is 3.51. The normalized spacial score (nSPS) is 9.77. The van der Waals surface area contributed by atoms with Crippen LogP contribution in [0.25, 0.3) is 0 Å². The molecule has 0 bridgehead atoms. The van der Waals surface area contributed by atoms with Gasteiger partial charge in [0.05, 0.1) is 16.7 Å². The molecule has 0 spiro atoms. The first-order chi connectivity index (χ1) is 6.16. The lowest BCUT2D eigenvalue weighted by Gasteiger charge is -2.03. The summed E-state index contributed by atoms with van der Waals surface area (Å²) < 4.78 is 4.72. The van der Waals surface area contributed by atoms with Crippen molar-refractivity contribution in [1.29, 1.82) is 0 Å². The minimum Gasteiger partial charge on any atom is -0.461 e. The van der Waals surface area contributed by atoms with Crippen LogP contribution >= 0.6 is 23.2 Å². The number of hydrogen-bond donors (Lipinski definition) is 0. The van der Waals surface area contributed by atoms with E-state index in [9.17, 15) is 4.79 Å². The Morgan fingerprint density at radius 3 is 2.92 bits per heavy atom. The fraction of sp³-hybridized carbons (Fsp3) is 0.250. The van der Waals surface area contributed by atoms with Gasteiger partial charge in [-0.05, 0) is 13.0 Å². The fourth-order valence-electron chi connectivity index (χ4n) is 0.762. The van der Waals surface area contributed by atoms with E-state index in [0.29, 0.717) is 5.02 Å². The highest BCUT2D eigenvalue weighted by atomic mass is 35.5. The second-order valence-corrected chi connectivity index (χ2v) is 2.96. The first-order valence-corrected chi connectivity index (χ1v) is 4.39. The van der Waals surface area contributed by atoms with Crippen LogP contribution in [0.5, 0.6) is 0 Å². The molecule has 0 aliphatic carbocycles. The summed E-state index contributed by atoms with van der Waals surface area (Å²) in [6.45, 7) is 1.99. The molecule has 0 saturated heterocycles. The summed E-state index contributed by atoms with van der Waals surface area (Å²) in [5.41, 5.74) is 0.0519. The summed E-state index contributed by atoms with van der Waals surface area (Å²) in [4.78, 5) is 15.0. The summed E-state index contributed by atoms with van der Waals surface area (Å²) >= 11 is 11.4. The van der Waals surface area contributed by atoms with Gasteiger partial charge in [0.2, 0.25) is 0 Å². The molecule has 0 fully saturated rings. The Labute approximate surface area is 85.6 Å². The molecule has 0 amide bonds. The zero-order valence-electron chi connectivity index (χ0n) is 6.88. The van der Waals surface area contributed by atoms with Gasteiger partial charge in [0.15, 0.2) is 5.69 Å². The van der Waals surface area contributed by atoms with E-state index in [2.05, 4.69) is 4.98 Å². The highest BCUT2D eigenvalue weighted by Gasteiger charge is 2.14. The number of halogens is 2. The van der Waals surface area contributed by atoms with Crippen LogP contribution in [0.4, 0.5) is 0 Å². The van der Waals surface area contributed by atoms with E-state index in [4.69, 9.17) is 27.9 Å². The molecular weight excluding hydrogens is 213 g/mol. The van der Waals surface area contributed by atoms with Crippen LogP contribution < -0.4 is 0 Å². The molecule has 70 valence electrons. The maximum atomic E-state index is 11.2. The van der Waals surface area contributed by atoms with Crippen molar-refractivity contribution in [2.45, 2.75) is 6.92 Å².